The molecule has 0 atom stereocenters. The van der Waals surface area contributed by atoms with Gasteiger partial charge in [0.1, 0.15) is 0 Å². The van der Waals surface area contributed by atoms with Crippen molar-refractivity contribution in [2.45, 2.75) is 20.1 Å². The summed E-state index contributed by atoms with van der Waals surface area (Å²) in [5, 5.41) is 3.18. The molecule has 1 N–H and O–H groups in total. The van der Waals surface area contributed by atoms with E-state index < -0.39 is 0 Å². The Morgan fingerprint density at radius 1 is 1.13 bits per heavy atom. The lowest BCUT2D eigenvalue weighted by atomic mass is 10.0. The van der Waals surface area contributed by atoms with Gasteiger partial charge in [0.05, 0.1) is 13.2 Å². The lowest BCUT2D eigenvalue weighted by Crippen LogP contribution is -2.01. The van der Waals surface area contributed by atoms with Crippen LogP contribution in [0.5, 0.6) is 0 Å². The number of benzene rings is 1. The Labute approximate surface area is 91.4 Å². The van der Waals surface area contributed by atoms with Gasteiger partial charge in [-0.1, -0.05) is 6.07 Å². The number of hydrogen-bond donors (Lipinski definition) is 1. The van der Waals surface area contributed by atoms with E-state index >= 15 is 0 Å². The van der Waals surface area contributed by atoms with Crippen molar-refractivity contribution in [1.29, 1.82) is 0 Å². The van der Waals surface area contributed by atoms with Crippen LogP contribution in [-0.4, -0.2) is 21.3 Å². The maximum Gasteiger partial charge on any atom is 0.0716 e. The Kier molecular flexibility index (Phi) is 4.59. The minimum atomic E-state index is 0.631. The average Bonchev–Trinajstić information content (AvgIpc) is 2.23. The molecule has 0 saturated carbocycles. The molecule has 0 bridgehead atoms. The number of nitrogens with one attached hydrogen (secondary N) is 1. The lowest BCUT2D eigenvalue weighted by Gasteiger charge is -2.13. The molecule has 3 heteroatoms. The molecule has 0 aliphatic rings. The van der Waals surface area contributed by atoms with Crippen LogP contribution in [0.2, 0.25) is 0 Å². The molecule has 0 aliphatic carbocycles. The summed E-state index contributed by atoms with van der Waals surface area (Å²) in [7, 11) is 5.34. The zero-order valence-corrected chi connectivity index (χ0v) is 9.89. The molecule has 0 radical (unpaired) electrons. The maximum atomic E-state index is 5.17. The molecule has 0 heterocycles. The van der Waals surface area contributed by atoms with E-state index in [0.717, 1.165) is 5.69 Å². The summed E-state index contributed by atoms with van der Waals surface area (Å²) in [5.41, 5.74) is 4.74. The van der Waals surface area contributed by atoms with Gasteiger partial charge in [0.25, 0.3) is 0 Å². The fraction of sp³-hybridized carbons (Fsp3) is 0.500. The molecule has 3 nitrogen and oxygen atoms in total. The Hall–Kier alpha value is -1.06. The van der Waals surface area contributed by atoms with E-state index in [-0.39, 0.29) is 0 Å². The van der Waals surface area contributed by atoms with Crippen LogP contribution in [0.3, 0.4) is 0 Å². The van der Waals surface area contributed by atoms with Gasteiger partial charge in [0, 0.05) is 27.0 Å². The SMILES string of the molecule is CNc1cc(COC)cc(COC)c1C. The second-order valence-corrected chi connectivity index (χ2v) is 3.54. The predicted molar refractivity (Wildman–Crippen MR) is 62.2 cm³/mol. The third kappa shape index (κ3) is 2.94. The molecule has 0 spiro atoms. The zero-order chi connectivity index (χ0) is 11.3. The fourth-order valence-corrected chi connectivity index (χ4v) is 1.66. The molecule has 0 unspecified atom stereocenters. The van der Waals surface area contributed by atoms with Gasteiger partial charge in [0.2, 0.25) is 0 Å². The average molecular weight is 209 g/mol. The largest absolute Gasteiger partial charge is 0.388 e. The van der Waals surface area contributed by atoms with Gasteiger partial charge in [-0.25, -0.2) is 0 Å². The summed E-state index contributed by atoms with van der Waals surface area (Å²) >= 11 is 0. The first-order valence-corrected chi connectivity index (χ1v) is 5.01. The fourth-order valence-electron chi connectivity index (χ4n) is 1.66. The van der Waals surface area contributed by atoms with Gasteiger partial charge in [-0.05, 0) is 29.7 Å². The van der Waals surface area contributed by atoms with Crippen LogP contribution in [-0.2, 0) is 22.7 Å². The summed E-state index contributed by atoms with van der Waals surface area (Å²) in [6.07, 6.45) is 0. The van der Waals surface area contributed by atoms with Gasteiger partial charge in [-0.15, -0.1) is 0 Å². The first-order valence-electron chi connectivity index (χ1n) is 5.01. The summed E-state index contributed by atoms with van der Waals surface area (Å²) in [6.45, 7) is 3.36. The number of methoxy groups -OCH3 is 2. The van der Waals surface area contributed by atoms with Crippen LogP contribution in [0.4, 0.5) is 5.69 Å². The van der Waals surface area contributed by atoms with Gasteiger partial charge < -0.3 is 14.8 Å². The predicted octanol–water partition coefficient (Wildman–Crippen LogP) is 2.33. The van der Waals surface area contributed by atoms with Crippen LogP contribution in [0.1, 0.15) is 16.7 Å². The van der Waals surface area contributed by atoms with Crippen molar-refractivity contribution in [2.24, 2.45) is 0 Å². The van der Waals surface area contributed by atoms with Gasteiger partial charge >= 0.3 is 0 Å². The molecule has 0 amide bonds. The molecule has 15 heavy (non-hydrogen) atoms. The minimum absolute atomic E-state index is 0.631. The molecule has 0 aliphatic heterocycles. The van der Waals surface area contributed by atoms with Crippen LogP contribution in [0.15, 0.2) is 12.1 Å². The first kappa shape index (κ1) is 12.0. The topological polar surface area (TPSA) is 30.5 Å². The summed E-state index contributed by atoms with van der Waals surface area (Å²) < 4.78 is 10.3. The zero-order valence-electron chi connectivity index (χ0n) is 9.89. The Bertz CT molecular complexity index is 324. The van der Waals surface area contributed by atoms with E-state index in [2.05, 4.69) is 24.4 Å². The van der Waals surface area contributed by atoms with E-state index in [1.165, 1.54) is 16.7 Å². The van der Waals surface area contributed by atoms with Crippen molar-refractivity contribution < 1.29 is 9.47 Å². The molecular formula is C12H19NO2. The van der Waals surface area contributed by atoms with E-state index in [0.29, 0.717) is 13.2 Å². The van der Waals surface area contributed by atoms with Crippen molar-refractivity contribution in [2.75, 3.05) is 26.6 Å². The molecule has 1 aromatic carbocycles. The number of anilines is 1. The molecular weight excluding hydrogens is 190 g/mol. The minimum Gasteiger partial charge on any atom is -0.388 e. The third-order valence-corrected chi connectivity index (χ3v) is 2.46. The standard InChI is InChI=1S/C12H19NO2/c1-9-11(8-15-4)5-10(7-14-3)6-12(9)13-2/h5-6,13H,7-8H2,1-4H3. The first-order chi connectivity index (χ1) is 7.22. The smallest absolute Gasteiger partial charge is 0.0716 e. The third-order valence-electron chi connectivity index (χ3n) is 2.46. The van der Waals surface area contributed by atoms with Gasteiger partial charge in [-0.2, -0.15) is 0 Å². The quantitative estimate of drug-likeness (QED) is 0.807. The van der Waals surface area contributed by atoms with Crippen molar-refractivity contribution in [3.63, 3.8) is 0 Å². The van der Waals surface area contributed by atoms with Crippen LogP contribution < -0.4 is 5.32 Å². The Morgan fingerprint density at radius 2 is 1.80 bits per heavy atom. The Morgan fingerprint density at radius 3 is 2.33 bits per heavy atom. The van der Waals surface area contributed by atoms with Crippen LogP contribution >= 0.6 is 0 Å². The van der Waals surface area contributed by atoms with Crippen LogP contribution in [0, 0.1) is 6.92 Å². The number of ether oxygens (including phenoxy) is 2. The molecule has 1 rings (SSSR count). The summed E-state index contributed by atoms with van der Waals surface area (Å²) in [4.78, 5) is 0. The highest BCUT2D eigenvalue weighted by Gasteiger charge is 2.06. The van der Waals surface area contributed by atoms with Crippen molar-refractivity contribution in [1.82, 2.24) is 0 Å². The summed E-state index contributed by atoms with van der Waals surface area (Å²) in [6, 6.07) is 4.24. The highest BCUT2D eigenvalue weighted by atomic mass is 16.5. The number of hydrogen-bond acceptors (Lipinski definition) is 3. The lowest BCUT2D eigenvalue weighted by molar-refractivity contribution is 0.180. The van der Waals surface area contributed by atoms with Gasteiger partial charge in [0.15, 0.2) is 0 Å². The van der Waals surface area contributed by atoms with E-state index in [1.54, 1.807) is 14.2 Å². The summed E-state index contributed by atoms with van der Waals surface area (Å²) in [5.74, 6) is 0. The Balaban J connectivity index is 3.07. The van der Waals surface area contributed by atoms with Crippen molar-refractivity contribution in [3.8, 4) is 0 Å². The molecule has 0 saturated heterocycles. The monoisotopic (exact) mass is 209 g/mol. The second-order valence-electron chi connectivity index (χ2n) is 3.54. The second kappa shape index (κ2) is 5.73. The van der Waals surface area contributed by atoms with Crippen LogP contribution in [0.25, 0.3) is 0 Å². The molecule has 0 aromatic heterocycles. The van der Waals surface area contributed by atoms with E-state index in [1.807, 2.05) is 7.05 Å². The molecule has 1 aromatic rings. The van der Waals surface area contributed by atoms with E-state index in [4.69, 9.17) is 9.47 Å². The highest BCUT2D eigenvalue weighted by molar-refractivity contribution is 5.55. The van der Waals surface area contributed by atoms with E-state index in [9.17, 15) is 0 Å². The molecule has 84 valence electrons. The maximum absolute atomic E-state index is 5.17. The molecule has 0 fully saturated rings. The highest BCUT2D eigenvalue weighted by Crippen LogP contribution is 2.22. The van der Waals surface area contributed by atoms with Gasteiger partial charge in [-0.3, -0.25) is 0 Å². The van der Waals surface area contributed by atoms with Crippen molar-refractivity contribution in [3.05, 3.63) is 28.8 Å². The normalized spacial score (nSPS) is 10.4. The van der Waals surface area contributed by atoms with Crippen molar-refractivity contribution >= 4 is 5.69 Å². The number of rotatable bonds is 5.